The van der Waals surface area contributed by atoms with Crippen molar-refractivity contribution in [1.82, 2.24) is 20.1 Å². The number of nitrogens with zero attached hydrogens (tertiary/aromatic N) is 3. The molecule has 0 saturated carbocycles. The first kappa shape index (κ1) is 16.5. The molecular weight excluding hydrogens is 304 g/mol. The minimum atomic E-state index is 0.336. The van der Waals surface area contributed by atoms with Crippen LogP contribution >= 0.6 is 22.9 Å². The summed E-state index contributed by atoms with van der Waals surface area (Å²) >= 11 is 8.10. The molecule has 6 heteroatoms. The third-order valence-corrected chi connectivity index (χ3v) is 4.95. The Hall–Kier alpha value is -0.910. The summed E-state index contributed by atoms with van der Waals surface area (Å²) in [7, 11) is 1.96. The molecule has 0 amide bonds. The average molecular weight is 327 g/mol. The lowest BCUT2D eigenvalue weighted by atomic mass is 10.1. The van der Waals surface area contributed by atoms with Gasteiger partial charge in [-0.2, -0.15) is 5.10 Å². The highest BCUT2D eigenvalue weighted by Gasteiger charge is 2.18. The lowest BCUT2D eigenvalue weighted by Crippen LogP contribution is -2.34. The van der Waals surface area contributed by atoms with Gasteiger partial charge in [0.25, 0.3) is 0 Å². The second kappa shape index (κ2) is 7.38. The predicted molar refractivity (Wildman–Crippen MR) is 89.3 cm³/mol. The Morgan fingerprint density at radius 2 is 2.14 bits per heavy atom. The Labute approximate surface area is 135 Å². The van der Waals surface area contributed by atoms with Crippen LogP contribution in [0.3, 0.4) is 0 Å². The Bertz CT molecular complexity index is 591. The van der Waals surface area contributed by atoms with Crippen molar-refractivity contribution in [2.45, 2.75) is 46.1 Å². The lowest BCUT2D eigenvalue weighted by Gasteiger charge is -2.18. The van der Waals surface area contributed by atoms with Crippen molar-refractivity contribution < 1.29 is 0 Å². The van der Waals surface area contributed by atoms with E-state index in [4.69, 9.17) is 11.6 Å². The van der Waals surface area contributed by atoms with Crippen LogP contribution in [0.1, 0.15) is 35.4 Å². The molecule has 0 radical (unpaired) electrons. The van der Waals surface area contributed by atoms with E-state index in [1.54, 1.807) is 11.3 Å². The first-order chi connectivity index (χ1) is 10.0. The topological polar surface area (TPSA) is 42.7 Å². The highest BCUT2D eigenvalue weighted by Crippen LogP contribution is 2.22. The van der Waals surface area contributed by atoms with Gasteiger partial charge >= 0.3 is 0 Å². The second-order valence-corrected chi connectivity index (χ2v) is 6.73. The Morgan fingerprint density at radius 1 is 1.38 bits per heavy atom. The molecular formula is C15H23ClN4S. The fourth-order valence-corrected chi connectivity index (χ4v) is 3.50. The van der Waals surface area contributed by atoms with Crippen LogP contribution in [0, 0.1) is 13.8 Å². The van der Waals surface area contributed by atoms with Gasteiger partial charge in [0.15, 0.2) is 0 Å². The van der Waals surface area contributed by atoms with Crippen molar-refractivity contribution in [2.24, 2.45) is 7.05 Å². The first-order valence-electron chi connectivity index (χ1n) is 7.33. The van der Waals surface area contributed by atoms with Crippen LogP contribution in [0.15, 0.2) is 5.38 Å². The van der Waals surface area contributed by atoms with Crippen LogP contribution in [0.25, 0.3) is 0 Å². The fraction of sp³-hybridized carbons (Fsp3) is 0.600. The van der Waals surface area contributed by atoms with Crippen molar-refractivity contribution in [3.8, 4) is 0 Å². The molecule has 1 atom stereocenters. The summed E-state index contributed by atoms with van der Waals surface area (Å²) in [5.41, 5.74) is 3.09. The average Bonchev–Trinajstić information content (AvgIpc) is 2.94. The Morgan fingerprint density at radius 3 is 2.67 bits per heavy atom. The minimum Gasteiger partial charge on any atom is -0.313 e. The summed E-state index contributed by atoms with van der Waals surface area (Å²) in [6.07, 6.45) is 2.92. The maximum atomic E-state index is 6.38. The quantitative estimate of drug-likeness (QED) is 0.849. The van der Waals surface area contributed by atoms with Gasteiger partial charge in [-0.05, 0) is 26.8 Å². The van der Waals surface area contributed by atoms with E-state index < -0.39 is 0 Å². The molecule has 0 bridgehead atoms. The van der Waals surface area contributed by atoms with Gasteiger partial charge in [-0.3, -0.25) is 4.68 Å². The van der Waals surface area contributed by atoms with E-state index in [0.29, 0.717) is 6.04 Å². The number of thiazole rings is 1. The summed E-state index contributed by atoms with van der Waals surface area (Å²) in [6, 6.07) is 0.336. The van der Waals surface area contributed by atoms with E-state index in [9.17, 15) is 0 Å². The van der Waals surface area contributed by atoms with Crippen LogP contribution in [0.4, 0.5) is 0 Å². The molecule has 0 spiro atoms. The highest BCUT2D eigenvalue weighted by molar-refractivity contribution is 7.09. The molecule has 0 fully saturated rings. The Balaban J connectivity index is 2.12. The number of aromatic nitrogens is 3. The van der Waals surface area contributed by atoms with Crippen molar-refractivity contribution in [2.75, 3.05) is 6.54 Å². The van der Waals surface area contributed by atoms with Gasteiger partial charge in [-0.25, -0.2) is 4.98 Å². The zero-order valence-electron chi connectivity index (χ0n) is 13.1. The van der Waals surface area contributed by atoms with Crippen molar-refractivity contribution in [3.05, 3.63) is 32.5 Å². The van der Waals surface area contributed by atoms with Crippen molar-refractivity contribution in [3.63, 3.8) is 0 Å². The monoisotopic (exact) mass is 326 g/mol. The van der Waals surface area contributed by atoms with Gasteiger partial charge in [-0.1, -0.05) is 18.5 Å². The fourth-order valence-electron chi connectivity index (χ4n) is 2.41. The van der Waals surface area contributed by atoms with Crippen molar-refractivity contribution >= 4 is 22.9 Å². The molecule has 4 nitrogen and oxygen atoms in total. The SMILES string of the molecule is CCCNC(Cc1nc(C)cs1)Cc1c(Cl)c(C)nn1C. The van der Waals surface area contributed by atoms with E-state index in [1.165, 1.54) is 5.01 Å². The maximum Gasteiger partial charge on any atom is 0.0943 e. The molecule has 0 aromatic carbocycles. The summed E-state index contributed by atoms with van der Waals surface area (Å²) in [6.45, 7) is 7.17. The molecule has 116 valence electrons. The van der Waals surface area contributed by atoms with Crippen LogP contribution in [-0.4, -0.2) is 27.4 Å². The molecule has 21 heavy (non-hydrogen) atoms. The second-order valence-electron chi connectivity index (χ2n) is 5.41. The number of hydrogen-bond acceptors (Lipinski definition) is 4. The third kappa shape index (κ3) is 4.28. The van der Waals surface area contributed by atoms with Gasteiger partial charge < -0.3 is 5.32 Å². The summed E-state index contributed by atoms with van der Waals surface area (Å²) in [5, 5.41) is 12.1. The van der Waals surface area contributed by atoms with Gasteiger partial charge in [0, 0.05) is 37.0 Å². The summed E-state index contributed by atoms with van der Waals surface area (Å²) in [4.78, 5) is 4.57. The van der Waals surface area contributed by atoms with Gasteiger partial charge in [-0.15, -0.1) is 11.3 Å². The number of rotatable bonds is 7. The molecule has 0 aliphatic heterocycles. The molecule has 0 aliphatic carbocycles. The minimum absolute atomic E-state index is 0.336. The smallest absolute Gasteiger partial charge is 0.0943 e. The highest BCUT2D eigenvalue weighted by atomic mass is 35.5. The molecule has 2 heterocycles. The van der Waals surface area contributed by atoms with Crippen LogP contribution in [0.2, 0.25) is 5.02 Å². The van der Waals surface area contributed by atoms with Gasteiger partial charge in [0.1, 0.15) is 0 Å². The van der Waals surface area contributed by atoms with E-state index in [0.717, 1.165) is 47.9 Å². The number of hydrogen-bond donors (Lipinski definition) is 1. The largest absolute Gasteiger partial charge is 0.313 e. The van der Waals surface area contributed by atoms with Crippen LogP contribution in [0.5, 0.6) is 0 Å². The van der Waals surface area contributed by atoms with E-state index in [2.05, 4.69) is 27.7 Å². The summed E-state index contributed by atoms with van der Waals surface area (Å²) in [5.74, 6) is 0. The van der Waals surface area contributed by atoms with E-state index >= 15 is 0 Å². The van der Waals surface area contributed by atoms with Gasteiger partial charge in [0.05, 0.1) is 21.4 Å². The third-order valence-electron chi connectivity index (χ3n) is 3.47. The first-order valence-corrected chi connectivity index (χ1v) is 8.59. The number of aryl methyl sites for hydroxylation is 3. The van der Waals surface area contributed by atoms with Crippen LogP contribution in [-0.2, 0) is 19.9 Å². The maximum absolute atomic E-state index is 6.38. The zero-order chi connectivity index (χ0) is 15.4. The lowest BCUT2D eigenvalue weighted by molar-refractivity contribution is 0.489. The molecule has 2 aromatic rings. The zero-order valence-corrected chi connectivity index (χ0v) is 14.7. The van der Waals surface area contributed by atoms with Crippen molar-refractivity contribution in [1.29, 1.82) is 0 Å². The molecule has 0 aliphatic rings. The predicted octanol–water partition coefficient (Wildman–Crippen LogP) is 3.30. The number of halogens is 1. The standard InChI is InChI=1S/C15H23ClN4S/c1-5-6-17-12(8-14-18-10(2)9-21-14)7-13-15(16)11(3)19-20(13)4/h9,12,17H,5-8H2,1-4H3. The van der Waals surface area contributed by atoms with E-state index in [1.807, 2.05) is 25.6 Å². The molecule has 2 aromatic heterocycles. The number of nitrogens with one attached hydrogen (secondary N) is 1. The summed E-state index contributed by atoms with van der Waals surface area (Å²) < 4.78 is 1.89. The molecule has 1 unspecified atom stereocenters. The molecule has 1 N–H and O–H groups in total. The van der Waals surface area contributed by atoms with Gasteiger partial charge in [0.2, 0.25) is 0 Å². The molecule has 0 saturated heterocycles. The molecule has 2 rings (SSSR count). The van der Waals surface area contributed by atoms with E-state index in [-0.39, 0.29) is 0 Å². The normalized spacial score (nSPS) is 12.8. The van der Waals surface area contributed by atoms with Crippen LogP contribution < -0.4 is 5.32 Å². The Kier molecular flexibility index (Phi) is 5.79.